The number of hydrogen-bond acceptors (Lipinski definition) is 2. The summed E-state index contributed by atoms with van der Waals surface area (Å²) in [7, 11) is 0. The van der Waals surface area contributed by atoms with E-state index in [0.717, 1.165) is 18.0 Å². The van der Waals surface area contributed by atoms with E-state index < -0.39 is 0 Å². The first-order chi connectivity index (χ1) is 8.83. The zero-order valence-electron chi connectivity index (χ0n) is 12.5. The minimum absolute atomic E-state index is 0.807. The van der Waals surface area contributed by atoms with Gasteiger partial charge in [0.15, 0.2) is 0 Å². The van der Waals surface area contributed by atoms with E-state index >= 15 is 0 Å². The predicted octanol–water partition coefficient (Wildman–Crippen LogP) is 3.42. The van der Waals surface area contributed by atoms with Crippen molar-refractivity contribution < 1.29 is 0 Å². The van der Waals surface area contributed by atoms with E-state index in [-0.39, 0.29) is 0 Å². The smallest absolute Gasteiger partial charge is 0.0127 e. The second-order valence-corrected chi connectivity index (χ2v) is 6.38. The lowest BCUT2D eigenvalue weighted by Crippen LogP contribution is -2.40. The summed E-state index contributed by atoms with van der Waals surface area (Å²) in [5, 5.41) is 3.52. The van der Waals surface area contributed by atoms with Crippen LogP contribution in [0.5, 0.6) is 0 Å². The van der Waals surface area contributed by atoms with Gasteiger partial charge in [-0.05, 0) is 71.0 Å². The highest BCUT2D eigenvalue weighted by Crippen LogP contribution is 2.37. The predicted molar refractivity (Wildman–Crippen MR) is 78.9 cm³/mol. The van der Waals surface area contributed by atoms with Crippen LogP contribution < -0.4 is 5.32 Å². The van der Waals surface area contributed by atoms with Crippen molar-refractivity contribution in [2.45, 2.75) is 77.3 Å². The number of likely N-dealkylation sites (tertiary alicyclic amines) is 1. The fraction of sp³-hybridized carbons (Fsp3) is 1.00. The maximum absolute atomic E-state index is 3.52. The molecule has 0 spiro atoms. The lowest BCUT2D eigenvalue weighted by Gasteiger charge is -2.35. The molecule has 3 unspecified atom stereocenters. The summed E-state index contributed by atoms with van der Waals surface area (Å²) >= 11 is 0. The van der Waals surface area contributed by atoms with Crippen molar-refractivity contribution in [3.8, 4) is 0 Å². The van der Waals surface area contributed by atoms with E-state index in [1.807, 2.05) is 0 Å². The Bertz CT molecular complexity index is 229. The third kappa shape index (κ3) is 3.71. The molecule has 2 nitrogen and oxygen atoms in total. The Labute approximate surface area is 114 Å². The Morgan fingerprint density at radius 2 is 2.00 bits per heavy atom. The van der Waals surface area contributed by atoms with E-state index in [2.05, 4.69) is 24.1 Å². The summed E-state index contributed by atoms with van der Waals surface area (Å²) in [5.74, 6) is 1.04. The lowest BCUT2D eigenvalue weighted by molar-refractivity contribution is 0.134. The number of rotatable bonds is 7. The largest absolute Gasteiger partial charge is 0.317 e. The van der Waals surface area contributed by atoms with Gasteiger partial charge in [0.25, 0.3) is 0 Å². The van der Waals surface area contributed by atoms with Gasteiger partial charge in [0.05, 0.1) is 0 Å². The van der Waals surface area contributed by atoms with E-state index in [9.17, 15) is 0 Å². The van der Waals surface area contributed by atoms with Gasteiger partial charge < -0.3 is 5.32 Å². The monoisotopic (exact) mass is 252 g/mol. The molecule has 3 atom stereocenters. The molecule has 2 heteroatoms. The minimum Gasteiger partial charge on any atom is -0.317 e. The Morgan fingerprint density at radius 1 is 1.17 bits per heavy atom. The molecule has 0 aromatic rings. The van der Waals surface area contributed by atoms with Crippen LogP contribution in [0.3, 0.4) is 0 Å². The summed E-state index contributed by atoms with van der Waals surface area (Å²) < 4.78 is 0. The molecule has 0 amide bonds. The number of fused-ring (bicyclic) bond motifs is 1. The average molecular weight is 252 g/mol. The normalized spacial score (nSPS) is 30.3. The van der Waals surface area contributed by atoms with E-state index in [1.54, 1.807) is 0 Å². The lowest BCUT2D eigenvalue weighted by atomic mass is 9.85. The highest BCUT2D eigenvalue weighted by molar-refractivity contribution is 4.91. The van der Waals surface area contributed by atoms with Crippen LogP contribution in [-0.2, 0) is 0 Å². The molecule has 1 aliphatic heterocycles. The summed E-state index contributed by atoms with van der Waals surface area (Å²) in [6.45, 7) is 8.46. The topological polar surface area (TPSA) is 15.3 Å². The van der Waals surface area contributed by atoms with Gasteiger partial charge in [0, 0.05) is 12.1 Å². The zero-order chi connectivity index (χ0) is 12.8. The Kier molecular flexibility index (Phi) is 5.97. The molecule has 2 fully saturated rings. The number of hydrogen-bond donors (Lipinski definition) is 1. The molecule has 0 radical (unpaired) electrons. The third-order valence-electron chi connectivity index (χ3n) is 5.02. The van der Waals surface area contributed by atoms with Gasteiger partial charge in [-0.15, -0.1) is 0 Å². The summed E-state index contributed by atoms with van der Waals surface area (Å²) in [6.07, 6.45) is 11.4. The van der Waals surface area contributed by atoms with Gasteiger partial charge in [-0.25, -0.2) is 0 Å². The Balaban J connectivity index is 1.67. The zero-order valence-corrected chi connectivity index (χ0v) is 12.5. The minimum atomic E-state index is 0.807. The average Bonchev–Trinajstić information content (AvgIpc) is 2.82. The number of nitrogens with one attached hydrogen (secondary N) is 1. The van der Waals surface area contributed by atoms with Crippen LogP contribution in [0.25, 0.3) is 0 Å². The van der Waals surface area contributed by atoms with E-state index in [4.69, 9.17) is 0 Å². The molecule has 18 heavy (non-hydrogen) atoms. The molecule has 2 rings (SSSR count). The summed E-state index contributed by atoms with van der Waals surface area (Å²) in [6, 6.07) is 1.75. The van der Waals surface area contributed by atoms with Crippen LogP contribution in [0.1, 0.15) is 65.2 Å². The first-order valence-electron chi connectivity index (χ1n) is 8.29. The summed E-state index contributed by atoms with van der Waals surface area (Å²) in [4.78, 5) is 2.84. The van der Waals surface area contributed by atoms with Crippen LogP contribution in [0.15, 0.2) is 0 Å². The van der Waals surface area contributed by atoms with Crippen LogP contribution in [0.2, 0.25) is 0 Å². The molecule has 1 heterocycles. The third-order valence-corrected chi connectivity index (χ3v) is 5.02. The second kappa shape index (κ2) is 7.49. The van der Waals surface area contributed by atoms with Crippen LogP contribution >= 0.6 is 0 Å². The fourth-order valence-electron chi connectivity index (χ4n) is 3.98. The molecule has 1 N–H and O–H groups in total. The molecule has 0 aromatic heterocycles. The second-order valence-electron chi connectivity index (χ2n) is 6.38. The van der Waals surface area contributed by atoms with Crippen molar-refractivity contribution in [1.82, 2.24) is 10.2 Å². The first-order valence-corrected chi connectivity index (χ1v) is 8.29. The molecule has 1 aliphatic carbocycles. The van der Waals surface area contributed by atoms with Crippen molar-refractivity contribution in [2.24, 2.45) is 5.92 Å². The molecule has 106 valence electrons. The standard InChI is InChI=1S/C16H32N2/c1-3-11-17-12-6-7-14(2)18-13-10-15-8-4-5-9-16(15)18/h14-17H,3-13H2,1-2H3. The number of nitrogens with zero attached hydrogens (tertiary/aromatic N) is 1. The Hall–Kier alpha value is -0.0800. The molecule has 0 bridgehead atoms. The van der Waals surface area contributed by atoms with Crippen molar-refractivity contribution in [2.75, 3.05) is 19.6 Å². The van der Waals surface area contributed by atoms with Crippen molar-refractivity contribution in [3.63, 3.8) is 0 Å². The van der Waals surface area contributed by atoms with Gasteiger partial charge in [0.1, 0.15) is 0 Å². The van der Waals surface area contributed by atoms with Gasteiger partial charge in [-0.2, -0.15) is 0 Å². The molecular weight excluding hydrogens is 220 g/mol. The van der Waals surface area contributed by atoms with Crippen molar-refractivity contribution in [1.29, 1.82) is 0 Å². The molecule has 2 aliphatic rings. The van der Waals surface area contributed by atoms with Gasteiger partial charge >= 0.3 is 0 Å². The maximum Gasteiger partial charge on any atom is 0.0127 e. The highest BCUT2D eigenvalue weighted by atomic mass is 15.2. The fourth-order valence-corrected chi connectivity index (χ4v) is 3.98. The SMILES string of the molecule is CCCNCCCC(C)N1CCC2CCCCC21. The molecule has 1 saturated carbocycles. The van der Waals surface area contributed by atoms with E-state index in [0.29, 0.717) is 0 Å². The van der Waals surface area contributed by atoms with Crippen molar-refractivity contribution >= 4 is 0 Å². The van der Waals surface area contributed by atoms with Crippen LogP contribution in [0, 0.1) is 5.92 Å². The highest BCUT2D eigenvalue weighted by Gasteiger charge is 2.37. The van der Waals surface area contributed by atoms with Crippen LogP contribution in [0.4, 0.5) is 0 Å². The first kappa shape index (κ1) is 14.3. The van der Waals surface area contributed by atoms with Crippen molar-refractivity contribution in [3.05, 3.63) is 0 Å². The Morgan fingerprint density at radius 3 is 2.83 bits per heavy atom. The quantitative estimate of drug-likeness (QED) is 0.698. The molecular formula is C16H32N2. The van der Waals surface area contributed by atoms with Crippen LogP contribution in [-0.4, -0.2) is 36.6 Å². The molecule has 0 aromatic carbocycles. The van der Waals surface area contributed by atoms with Gasteiger partial charge in [-0.1, -0.05) is 19.8 Å². The van der Waals surface area contributed by atoms with Gasteiger partial charge in [-0.3, -0.25) is 4.90 Å². The van der Waals surface area contributed by atoms with Gasteiger partial charge in [0.2, 0.25) is 0 Å². The summed E-state index contributed by atoms with van der Waals surface area (Å²) in [5.41, 5.74) is 0. The maximum atomic E-state index is 3.52. The molecule has 1 saturated heterocycles. The van der Waals surface area contributed by atoms with E-state index in [1.165, 1.54) is 71.0 Å².